The van der Waals surface area contributed by atoms with Gasteiger partial charge in [0.2, 0.25) is 0 Å². The number of carbonyl (C=O) groups excluding carboxylic acids is 2. The van der Waals surface area contributed by atoms with Crippen molar-refractivity contribution in [2.24, 2.45) is 0 Å². The number of ketones is 2. The second kappa shape index (κ2) is 24.0. The Balaban J connectivity index is 1.88. The van der Waals surface area contributed by atoms with Gasteiger partial charge in [-0.15, -0.1) is 0 Å². The number of benzene rings is 2. The SMILES string of the molecule is CCCCCCCCc1cc2c(cc1CCCCCCCC)C(=O)c1c(ccc(CCCCCCCC)c1CCCCCCCC)C2=O. The lowest BCUT2D eigenvalue weighted by molar-refractivity contribution is 0.0978. The molecule has 2 aromatic carbocycles. The van der Waals surface area contributed by atoms with Gasteiger partial charge in [0.1, 0.15) is 0 Å². The largest absolute Gasteiger partial charge is 0.289 e. The van der Waals surface area contributed by atoms with Gasteiger partial charge in [0.25, 0.3) is 0 Å². The highest BCUT2D eigenvalue weighted by atomic mass is 16.1. The minimum Gasteiger partial charge on any atom is -0.289 e. The number of hydrogen-bond acceptors (Lipinski definition) is 2. The van der Waals surface area contributed by atoms with E-state index in [0.29, 0.717) is 16.7 Å². The molecule has 0 unspecified atom stereocenters. The van der Waals surface area contributed by atoms with Crippen LogP contribution in [0.3, 0.4) is 0 Å². The van der Waals surface area contributed by atoms with E-state index in [4.69, 9.17) is 0 Å². The van der Waals surface area contributed by atoms with Crippen molar-refractivity contribution in [3.63, 3.8) is 0 Å². The van der Waals surface area contributed by atoms with Crippen LogP contribution in [0.1, 0.15) is 236 Å². The van der Waals surface area contributed by atoms with Crippen molar-refractivity contribution in [3.05, 3.63) is 68.8 Å². The zero-order valence-corrected chi connectivity index (χ0v) is 31.9. The molecule has 2 nitrogen and oxygen atoms in total. The number of unbranched alkanes of at least 4 members (excludes halogenated alkanes) is 20. The maximum Gasteiger partial charge on any atom is 0.194 e. The molecule has 268 valence electrons. The second-order valence-electron chi connectivity index (χ2n) is 15.0. The number of aryl methyl sites for hydroxylation is 3. The predicted octanol–water partition coefficient (Wildman–Crippen LogP) is 14.1. The van der Waals surface area contributed by atoms with E-state index in [1.54, 1.807) is 0 Å². The first kappa shape index (κ1) is 40.2. The standard InChI is InChI=1S/C46H72O2/c1-5-9-13-17-21-25-29-37-33-34-41-44(40(37)32-28-24-20-16-12-8-4)46(48)43-36-39(31-27-23-19-15-11-7-3)38(35-42(43)45(41)47)30-26-22-18-14-10-6-2/h33-36H,5-32H2,1-4H3. The van der Waals surface area contributed by atoms with Gasteiger partial charge in [-0.25, -0.2) is 0 Å². The number of rotatable bonds is 28. The van der Waals surface area contributed by atoms with Crippen LogP contribution < -0.4 is 0 Å². The molecule has 0 aromatic heterocycles. The van der Waals surface area contributed by atoms with Gasteiger partial charge in [-0.3, -0.25) is 9.59 Å². The van der Waals surface area contributed by atoms with Gasteiger partial charge in [-0.1, -0.05) is 162 Å². The third kappa shape index (κ3) is 12.9. The molecule has 0 saturated carbocycles. The smallest absolute Gasteiger partial charge is 0.194 e. The molecule has 2 aromatic rings. The Morgan fingerprint density at radius 2 is 0.708 bits per heavy atom. The van der Waals surface area contributed by atoms with Crippen molar-refractivity contribution >= 4 is 11.6 Å². The summed E-state index contributed by atoms with van der Waals surface area (Å²) >= 11 is 0. The van der Waals surface area contributed by atoms with E-state index in [9.17, 15) is 9.59 Å². The van der Waals surface area contributed by atoms with Crippen LogP contribution in [0.25, 0.3) is 0 Å². The summed E-state index contributed by atoms with van der Waals surface area (Å²) in [4.78, 5) is 28.8. The number of carbonyl (C=O) groups is 2. The summed E-state index contributed by atoms with van der Waals surface area (Å²) in [6.45, 7) is 9.08. The maximum atomic E-state index is 14.6. The van der Waals surface area contributed by atoms with Crippen molar-refractivity contribution in [2.75, 3.05) is 0 Å². The van der Waals surface area contributed by atoms with Gasteiger partial charge in [0.05, 0.1) is 0 Å². The van der Waals surface area contributed by atoms with E-state index in [-0.39, 0.29) is 11.6 Å². The van der Waals surface area contributed by atoms with E-state index in [1.807, 2.05) is 6.07 Å². The van der Waals surface area contributed by atoms with Crippen LogP contribution in [0.5, 0.6) is 0 Å². The molecule has 0 spiro atoms. The van der Waals surface area contributed by atoms with Gasteiger partial charge >= 0.3 is 0 Å². The molecular formula is C46H72O2. The van der Waals surface area contributed by atoms with Crippen LogP contribution in [-0.2, 0) is 25.7 Å². The Labute approximate surface area is 296 Å². The fraction of sp³-hybridized carbons (Fsp3) is 0.696. The topological polar surface area (TPSA) is 34.1 Å². The quantitative estimate of drug-likeness (QED) is 0.0729. The Bertz CT molecular complexity index is 1200. The van der Waals surface area contributed by atoms with Crippen LogP contribution in [0, 0.1) is 0 Å². The highest BCUT2D eigenvalue weighted by Crippen LogP contribution is 2.35. The van der Waals surface area contributed by atoms with Crippen LogP contribution in [0.2, 0.25) is 0 Å². The summed E-state index contributed by atoms with van der Waals surface area (Å²) in [6, 6.07) is 8.53. The van der Waals surface area contributed by atoms with Crippen LogP contribution in [-0.4, -0.2) is 11.6 Å². The Hall–Kier alpha value is -2.22. The van der Waals surface area contributed by atoms with Crippen molar-refractivity contribution in [1.29, 1.82) is 0 Å². The first-order chi connectivity index (χ1) is 23.6. The van der Waals surface area contributed by atoms with Gasteiger partial charge < -0.3 is 0 Å². The predicted molar refractivity (Wildman–Crippen MR) is 208 cm³/mol. The lowest BCUT2D eigenvalue weighted by Gasteiger charge is -2.25. The number of hydrogen-bond donors (Lipinski definition) is 0. The van der Waals surface area contributed by atoms with Crippen molar-refractivity contribution in [3.8, 4) is 0 Å². The summed E-state index contributed by atoms with van der Waals surface area (Å²) in [5, 5.41) is 0. The zero-order chi connectivity index (χ0) is 34.4. The molecule has 0 saturated heterocycles. The van der Waals surface area contributed by atoms with E-state index in [1.165, 1.54) is 151 Å². The first-order valence-corrected chi connectivity index (χ1v) is 21.0. The molecule has 0 amide bonds. The summed E-state index contributed by atoms with van der Waals surface area (Å²) in [5.41, 5.74) is 7.89. The molecule has 48 heavy (non-hydrogen) atoms. The first-order valence-electron chi connectivity index (χ1n) is 21.0. The minimum absolute atomic E-state index is 0.0743. The molecule has 0 radical (unpaired) electrons. The van der Waals surface area contributed by atoms with E-state index < -0.39 is 0 Å². The fourth-order valence-corrected chi connectivity index (χ4v) is 7.84. The lowest BCUT2D eigenvalue weighted by atomic mass is 9.77. The van der Waals surface area contributed by atoms with E-state index in [0.717, 1.165) is 56.9 Å². The van der Waals surface area contributed by atoms with Crippen molar-refractivity contribution in [2.45, 2.75) is 207 Å². The van der Waals surface area contributed by atoms with Crippen LogP contribution >= 0.6 is 0 Å². The third-order valence-electron chi connectivity index (χ3n) is 10.9. The lowest BCUT2D eigenvalue weighted by Crippen LogP contribution is -2.24. The molecule has 2 heteroatoms. The average Bonchev–Trinajstić information content (AvgIpc) is 3.10. The molecular weight excluding hydrogens is 585 g/mol. The molecule has 3 rings (SSSR count). The zero-order valence-electron chi connectivity index (χ0n) is 31.9. The highest BCUT2D eigenvalue weighted by Gasteiger charge is 2.33. The third-order valence-corrected chi connectivity index (χ3v) is 10.9. The minimum atomic E-state index is 0.0743. The molecule has 0 heterocycles. The van der Waals surface area contributed by atoms with Gasteiger partial charge in [0, 0.05) is 22.3 Å². The van der Waals surface area contributed by atoms with Crippen molar-refractivity contribution in [1.82, 2.24) is 0 Å². The van der Waals surface area contributed by atoms with Crippen molar-refractivity contribution < 1.29 is 9.59 Å². The summed E-state index contributed by atoms with van der Waals surface area (Å²) in [6.07, 6.45) is 34.2. The Kier molecular flexibility index (Phi) is 20.1. The fourth-order valence-electron chi connectivity index (χ4n) is 7.84. The second-order valence-corrected chi connectivity index (χ2v) is 15.0. The molecule has 0 bridgehead atoms. The molecule has 0 N–H and O–H groups in total. The number of fused-ring (bicyclic) bond motifs is 2. The van der Waals surface area contributed by atoms with Crippen LogP contribution in [0.15, 0.2) is 24.3 Å². The van der Waals surface area contributed by atoms with Gasteiger partial charge in [-0.05, 0) is 91.8 Å². The molecule has 1 aliphatic rings. The van der Waals surface area contributed by atoms with E-state index in [2.05, 4.69) is 45.9 Å². The Morgan fingerprint density at radius 3 is 1.15 bits per heavy atom. The summed E-state index contributed by atoms with van der Waals surface area (Å²) in [5.74, 6) is 0.186. The van der Waals surface area contributed by atoms with Gasteiger partial charge in [0.15, 0.2) is 11.6 Å². The normalized spacial score (nSPS) is 12.5. The molecule has 0 aliphatic heterocycles. The molecule has 0 atom stereocenters. The highest BCUT2D eigenvalue weighted by molar-refractivity contribution is 6.29. The monoisotopic (exact) mass is 657 g/mol. The molecule has 1 aliphatic carbocycles. The van der Waals surface area contributed by atoms with Crippen LogP contribution in [0.4, 0.5) is 0 Å². The molecule has 0 fully saturated rings. The average molecular weight is 657 g/mol. The summed E-state index contributed by atoms with van der Waals surface area (Å²) in [7, 11) is 0. The van der Waals surface area contributed by atoms with Gasteiger partial charge in [-0.2, -0.15) is 0 Å². The Morgan fingerprint density at radius 1 is 0.354 bits per heavy atom. The van der Waals surface area contributed by atoms with E-state index >= 15 is 0 Å². The summed E-state index contributed by atoms with van der Waals surface area (Å²) < 4.78 is 0. The maximum absolute atomic E-state index is 14.6.